The van der Waals surface area contributed by atoms with Crippen LogP contribution in [0.5, 0.6) is 0 Å². The van der Waals surface area contributed by atoms with E-state index < -0.39 is 0 Å². The summed E-state index contributed by atoms with van der Waals surface area (Å²) in [5, 5.41) is 9.25. The van der Waals surface area contributed by atoms with Crippen LogP contribution in [0.4, 0.5) is 0 Å². The Morgan fingerprint density at radius 3 is 2.62 bits per heavy atom. The molecule has 2 rings (SSSR count). The van der Waals surface area contributed by atoms with Gasteiger partial charge in [0.15, 0.2) is 11.0 Å². The van der Waals surface area contributed by atoms with E-state index in [1.807, 2.05) is 17.9 Å². The van der Waals surface area contributed by atoms with Gasteiger partial charge in [-0.05, 0) is 24.8 Å². The van der Waals surface area contributed by atoms with Gasteiger partial charge in [-0.1, -0.05) is 39.8 Å². The number of hydrogen-bond acceptors (Lipinski definition) is 3. The van der Waals surface area contributed by atoms with Gasteiger partial charge in [-0.15, -0.1) is 10.2 Å². The molecule has 0 saturated carbocycles. The molecule has 2 aromatic rings. The third-order valence-electron chi connectivity index (χ3n) is 2.45. The first-order chi connectivity index (χ1) is 7.63. The molecule has 84 valence electrons. The quantitative estimate of drug-likeness (QED) is 0.797. The lowest BCUT2D eigenvalue weighted by molar-refractivity contribution is 0.795. The molecular formula is C11H12BrN3S. The van der Waals surface area contributed by atoms with Crippen LogP contribution >= 0.6 is 27.7 Å². The maximum Gasteiger partial charge on any atom is 0.190 e. The molecule has 0 aliphatic rings. The van der Waals surface area contributed by atoms with Gasteiger partial charge in [0.05, 0.1) is 0 Å². The highest BCUT2D eigenvalue weighted by Gasteiger charge is 2.10. The molecule has 0 atom stereocenters. The lowest BCUT2D eigenvalue weighted by atomic mass is 10.1. The van der Waals surface area contributed by atoms with Crippen LogP contribution in [0.2, 0.25) is 0 Å². The van der Waals surface area contributed by atoms with Gasteiger partial charge in [0.1, 0.15) is 0 Å². The first-order valence-electron chi connectivity index (χ1n) is 4.83. The Morgan fingerprint density at radius 1 is 1.31 bits per heavy atom. The molecule has 0 bridgehead atoms. The number of rotatable bonds is 2. The van der Waals surface area contributed by atoms with Crippen LogP contribution in [-0.4, -0.2) is 21.0 Å². The van der Waals surface area contributed by atoms with E-state index in [0.29, 0.717) is 0 Å². The number of hydrogen-bond donors (Lipinski definition) is 0. The number of aryl methyl sites for hydroxylation is 1. The van der Waals surface area contributed by atoms with Crippen molar-refractivity contribution in [3.63, 3.8) is 0 Å². The minimum atomic E-state index is 0.894. The van der Waals surface area contributed by atoms with Crippen LogP contribution in [0.1, 0.15) is 5.56 Å². The first kappa shape index (κ1) is 11.7. The lowest BCUT2D eigenvalue weighted by Gasteiger charge is -2.04. The average molecular weight is 298 g/mol. The van der Waals surface area contributed by atoms with Gasteiger partial charge >= 0.3 is 0 Å². The van der Waals surface area contributed by atoms with E-state index in [0.717, 1.165) is 21.0 Å². The zero-order valence-electron chi connectivity index (χ0n) is 9.36. The summed E-state index contributed by atoms with van der Waals surface area (Å²) < 4.78 is 3.10. The predicted molar refractivity (Wildman–Crippen MR) is 70.7 cm³/mol. The molecule has 0 aliphatic heterocycles. The second-order valence-corrected chi connectivity index (χ2v) is 5.16. The number of aromatic nitrogens is 3. The van der Waals surface area contributed by atoms with Crippen LogP contribution in [0, 0.1) is 6.92 Å². The molecule has 0 radical (unpaired) electrons. The molecule has 5 heteroatoms. The fraction of sp³-hybridized carbons (Fsp3) is 0.273. The zero-order valence-corrected chi connectivity index (χ0v) is 11.8. The third kappa shape index (κ3) is 2.01. The maximum atomic E-state index is 4.20. The number of thioether (sulfide) groups is 1. The van der Waals surface area contributed by atoms with Crippen molar-refractivity contribution in [2.75, 3.05) is 6.26 Å². The van der Waals surface area contributed by atoms with Crippen molar-refractivity contribution in [2.24, 2.45) is 7.05 Å². The highest BCUT2D eigenvalue weighted by Crippen LogP contribution is 2.25. The molecule has 0 spiro atoms. The molecule has 1 heterocycles. The predicted octanol–water partition coefficient (Wildman–Crippen LogP) is 3.27. The number of benzene rings is 1. The van der Waals surface area contributed by atoms with Gasteiger partial charge in [0, 0.05) is 17.1 Å². The van der Waals surface area contributed by atoms with Crippen LogP contribution in [0.15, 0.2) is 27.8 Å². The molecule has 0 amide bonds. The lowest BCUT2D eigenvalue weighted by Crippen LogP contribution is -1.94. The highest BCUT2D eigenvalue weighted by molar-refractivity contribution is 9.10. The standard InChI is InChI=1S/C11H12BrN3S/c1-7-4-5-8(6-9(7)12)10-13-14-11(16-3)15(10)2/h4-6H,1-3H3. The molecule has 0 N–H and O–H groups in total. The molecule has 1 aromatic carbocycles. The molecule has 16 heavy (non-hydrogen) atoms. The topological polar surface area (TPSA) is 30.7 Å². The SMILES string of the molecule is CSc1nnc(-c2ccc(C)c(Br)c2)n1C. The Bertz CT molecular complexity index is 522. The van der Waals surface area contributed by atoms with Crippen molar-refractivity contribution in [1.82, 2.24) is 14.8 Å². The van der Waals surface area contributed by atoms with Crippen molar-refractivity contribution in [3.05, 3.63) is 28.2 Å². The average Bonchev–Trinajstić information content (AvgIpc) is 2.64. The van der Waals surface area contributed by atoms with E-state index in [2.05, 4.69) is 51.3 Å². The highest BCUT2D eigenvalue weighted by atomic mass is 79.9. The summed E-state index contributed by atoms with van der Waals surface area (Å²) in [7, 11) is 1.98. The summed E-state index contributed by atoms with van der Waals surface area (Å²) in [4.78, 5) is 0. The van der Waals surface area contributed by atoms with Crippen LogP contribution in [0.25, 0.3) is 11.4 Å². The summed E-state index contributed by atoms with van der Waals surface area (Å²) in [6, 6.07) is 6.21. The van der Waals surface area contributed by atoms with Crippen LogP contribution in [0.3, 0.4) is 0 Å². The smallest absolute Gasteiger partial charge is 0.190 e. The Hall–Kier alpha value is -0.810. The summed E-state index contributed by atoms with van der Waals surface area (Å²) in [6.07, 6.45) is 2.00. The number of halogens is 1. The second-order valence-electron chi connectivity index (χ2n) is 3.53. The van der Waals surface area contributed by atoms with Gasteiger partial charge in [0.2, 0.25) is 0 Å². The normalized spacial score (nSPS) is 10.8. The van der Waals surface area contributed by atoms with E-state index in [1.165, 1.54) is 5.56 Å². The second kappa shape index (κ2) is 4.59. The monoisotopic (exact) mass is 297 g/mol. The summed E-state index contributed by atoms with van der Waals surface area (Å²) in [5.74, 6) is 0.894. The fourth-order valence-electron chi connectivity index (χ4n) is 1.48. The van der Waals surface area contributed by atoms with Crippen LogP contribution in [-0.2, 0) is 7.05 Å². The summed E-state index contributed by atoms with van der Waals surface area (Å²) in [5.41, 5.74) is 2.30. The number of nitrogens with zero attached hydrogens (tertiary/aromatic N) is 3. The minimum absolute atomic E-state index is 0.894. The van der Waals surface area contributed by atoms with Gasteiger partial charge in [-0.3, -0.25) is 0 Å². The summed E-state index contributed by atoms with van der Waals surface area (Å²) in [6.45, 7) is 2.07. The van der Waals surface area contributed by atoms with E-state index in [1.54, 1.807) is 11.8 Å². The molecule has 0 aliphatic carbocycles. The molecule has 1 aromatic heterocycles. The Kier molecular flexibility index (Phi) is 3.35. The van der Waals surface area contributed by atoms with Crippen molar-refractivity contribution >= 4 is 27.7 Å². The van der Waals surface area contributed by atoms with E-state index in [-0.39, 0.29) is 0 Å². The van der Waals surface area contributed by atoms with Gasteiger partial charge in [0.25, 0.3) is 0 Å². The zero-order chi connectivity index (χ0) is 11.7. The molecule has 0 fully saturated rings. The van der Waals surface area contributed by atoms with Gasteiger partial charge in [-0.25, -0.2) is 0 Å². The molecular weight excluding hydrogens is 286 g/mol. The molecule has 3 nitrogen and oxygen atoms in total. The molecule has 0 unspecified atom stereocenters. The van der Waals surface area contributed by atoms with Gasteiger partial charge in [-0.2, -0.15) is 0 Å². The van der Waals surface area contributed by atoms with Crippen molar-refractivity contribution in [1.29, 1.82) is 0 Å². The fourth-order valence-corrected chi connectivity index (χ4v) is 2.34. The van der Waals surface area contributed by atoms with E-state index in [4.69, 9.17) is 0 Å². The Balaban J connectivity index is 2.50. The Morgan fingerprint density at radius 2 is 2.06 bits per heavy atom. The van der Waals surface area contributed by atoms with E-state index in [9.17, 15) is 0 Å². The van der Waals surface area contributed by atoms with Crippen molar-refractivity contribution in [3.8, 4) is 11.4 Å². The summed E-state index contributed by atoms with van der Waals surface area (Å²) >= 11 is 5.13. The minimum Gasteiger partial charge on any atom is -0.305 e. The van der Waals surface area contributed by atoms with Gasteiger partial charge < -0.3 is 4.57 Å². The van der Waals surface area contributed by atoms with Crippen molar-refractivity contribution in [2.45, 2.75) is 12.1 Å². The first-order valence-corrected chi connectivity index (χ1v) is 6.85. The Labute approximate surface area is 107 Å². The largest absolute Gasteiger partial charge is 0.305 e. The maximum absolute atomic E-state index is 4.20. The third-order valence-corrected chi connectivity index (χ3v) is 4.02. The van der Waals surface area contributed by atoms with Crippen LogP contribution < -0.4 is 0 Å². The molecule has 0 saturated heterocycles. The van der Waals surface area contributed by atoms with Crippen molar-refractivity contribution < 1.29 is 0 Å². The van der Waals surface area contributed by atoms with E-state index >= 15 is 0 Å².